The van der Waals surface area contributed by atoms with Crippen molar-refractivity contribution in [2.45, 2.75) is 51.4 Å². The van der Waals surface area contributed by atoms with Gasteiger partial charge in [-0.1, -0.05) is 37.5 Å². The van der Waals surface area contributed by atoms with Gasteiger partial charge in [0.05, 0.1) is 40.4 Å². The predicted octanol–water partition coefficient (Wildman–Crippen LogP) is 3.83. The Bertz CT molecular complexity index is 615. The van der Waals surface area contributed by atoms with Gasteiger partial charge in [-0.25, -0.2) is 4.79 Å². The normalized spacial score (nSPS) is 15.3. The highest BCUT2D eigenvalue weighted by atomic mass is 16.5. The Hall–Kier alpha value is -1.63. The van der Waals surface area contributed by atoms with Gasteiger partial charge in [0.1, 0.15) is 5.75 Å². The predicted molar refractivity (Wildman–Crippen MR) is 122 cm³/mol. The molecule has 1 amide bonds. The van der Waals surface area contributed by atoms with Crippen LogP contribution in [0.25, 0.3) is 0 Å². The zero-order valence-electron chi connectivity index (χ0n) is 19.1. The first-order valence-electron chi connectivity index (χ1n) is 11.6. The van der Waals surface area contributed by atoms with E-state index in [-0.39, 0.29) is 0 Å². The molecule has 2 N–H and O–H groups in total. The first-order valence-corrected chi connectivity index (χ1v) is 11.6. The summed E-state index contributed by atoms with van der Waals surface area (Å²) in [5.74, 6) is 0.587. The minimum atomic E-state index is -0.750. The van der Waals surface area contributed by atoms with Crippen LogP contribution >= 0.6 is 0 Å². The smallest absolute Gasteiger partial charge is 0.409 e. The van der Waals surface area contributed by atoms with E-state index in [2.05, 4.69) is 19.0 Å². The number of nitrogens with zero attached hydrogens (tertiary/aromatic N) is 2. The number of aryl methyl sites for hydroxylation is 1. The van der Waals surface area contributed by atoms with E-state index in [0.717, 1.165) is 55.7 Å². The van der Waals surface area contributed by atoms with Gasteiger partial charge in [0, 0.05) is 19.5 Å². The van der Waals surface area contributed by atoms with Crippen molar-refractivity contribution < 1.29 is 18.8 Å². The van der Waals surface area contributed by atoms with Gasteiger partial charge >= 0.3 is 6.09 Å². The maximum Gasteiger partial charge on any atom is 0.409 e. The molecule has 0 aromatic heterocycles. The van der Waals surface area contributed by atoms with Gasteiger partial charge in [0.2, 0.25) is 0 Å². The van der Waals surface area contributed by atoms with E-state index in [1.807, 2.05) is 18.2 Å². The number of hydrogen-bond donors (Lipinski definition) is 1. The first kappa shape index (κ1) is 24.6. The standard InChI is InChI=1S/C24H41N3O3/c1-27(2,19-11-13-22-12-7-8-14-23(22)30-24(25)28)18-10-6-4-3-5-9-15-26-16-20-29-21-17-26/h7-8,12,14H,3-6,9-11,13,15-21H2,1-2H3,(H-,25,28)/p+1. The number of unbranched alkanes of at least 4 members (excludes halogenated alkanes) is 5. The molecule has 1 aliphatic heterocycles. The monoisotopic (exact) mass is 420 g/mol. The summed E-state index contributed by atoms with van der Waals surface area (Å²) in [5, 5.41) is 0. The fourth-order valence-corrected chi connectivity index (χ4v) is 4.13. The van der Waals surface area contributed by atoms with Gasteiger partial charge in [0.15, 0.2) is 0 Å². The number of ether oxygens (including phenoxy) is 2. The molecule has 1 heterocycles. The van der Waals surface area contributed by atoms with Gasteiger partial charge in [-0.15, -0.1) is 0 Å². The van der Waals surface area contributed by atoms with Crippen LogP contribution in [0.2, 0.25) is 0 Å². The Kier molecular flexibility index (Phi) is 11.2. The molecule has 30 heavy (non-hydrogen) atoms. The third-order valence-electron chi connectivity index (χ3n) is 5.98. The van der Waals surface area contributed by atoms with Crippen LogP contribution in [-0.2, 0) is 11.2 Å². The van der Waals surface area contributed by atoms with Crippen molar-refractivity contribution in [1.29, 1.82) is 0 Å². The fourth-order valence-electron chi connectivity index (χ4n) is 4.13. The summed E-state index contributed by atoms with van der Waals surface area (Å²) >= 11 is 0. The SMILES string of the molecule is C[N+](C)(CCCCCCCCN1CCOCC1)CCCc1ccccc1OC(N)=O. The van der Waals surface area contributed by atoms with Crippen LogP contribution in [0.15, 0.2) is 24.3 Å². The lowest BCUT2D eigenvalue weighted by Crippen LogP contribution is -2.41. The van der Waals surface area contributed by atoms with Crippen molar-refractivity contribution in [2.75, 3.05) is 60.0 Å². The summed E-state index contributed by atoms with van der Waals surface area (Å²) in [7, 11) is 4.63. The van der Waals surface area contributed by atoms with Crippen LogP contribution in [-0.4, -0.2) is 75.5 Å². The maximum absolute atomic E-state index is 11.0. The minimum absolute atomic E-state index is 0.587. The molecule has 1 aromatic rings. The second kappa shape index (κ2) is 13.6. The number of hydrogen-bond acceptors (Lipinski definition) is 4. The minimum Gasteiger partial charge on any atom is -0.410 e. The van der Waals surface area contributed by atoms with Crippen molar-refractivity contribution in [2.24, 2.45) is 5.73 Å². The molecule has 0 atom stereocenters. The van der Waals surface area contributed by atoms with Crippen LogP contribution < -0.4 is 10.5 Å². The highest BCUT2D eigenvalue weighted by molar-refractivity contribution is 5.68. The van der Waals surface area contributed by atoms with E-state index in [1.165, 1.54) is 51.6 Å². The summed E-state index contributed by atoms with van der Waals surface area (Å²) < 4.78 is 11.5. The summed E-state index contributed by atoms with van der Waals surface area (Å²) in [6.07, 6.45) is 9.20. The van der Waals surface area contributed by atoms with Gasteiger partial charge in [-0.3, -0.25) is 4.90 Å². The summed E-state index contributed by atoms with van der Waals surface area (Å²) in [6, 6.07) is 7.66. The number of amides is 1. The van der Waals surface area contributed by atoms with Crippen molar-refractivity contribution in [3.8, 4) is 5.75 Å². The Morgan fingerprint density at radius 3 is 2.37 bits per heavy atom. The molecule has 0 aliphatic carbocycles. The van der Waals surface area contributed by atoms with E-state index in [0.29, 0.717) is 5.75 Å². The van der Waals surface area contributed by atoms with E-state index >= 15 is 0 Å². The Balaban J connectivity index is 1.51. The summed E-state index contributed by atoms with van der Waals surface area (Å²) in [6.45, 7) is 7.59. The number of carbonyl (C=O) groups excluding carboxylic acids is 1. The van der Waals surface area contributed by atoms with Gasteiger partial charge in [0.25, 0.3) is 0 Å². The molecule has 1 aliphatic rings. The van der Waals surface area contributed by atoms with Crippen LogP contribution in [0.3, 0.4) is 0 Å². The molecule has 1 fully saturated rings. The molecule has 1 aromatic carbocycles. The quantitative estimate of drug-likeness (QED) is 0.367. The van der Waals surface area contributed by atoms with Crippen LogP contribution in [0, 0.1) is 0 Å². The molecule has 170 valence electrons. The molecule has 0 saturated carbocycles. The lowest BCUT2D eigenvalue weighted by molar-refractivity contribution is -0.890. The third-order valence-corrected chi connectivity index (χ3v) is 5.98. The first-order chi connectivity index (χ1) is 14.5. The second-order valence-corrected chi connectivity index (χ2v) is 9.09. The van der Waals surface area contributed by atoms with E-state index in [1.54, 1.807) is 6.07 Å². The molecule has 1 saturated heterocycles. The average molecular weight is 421 g/mol. The lowest BCUT2D eigenvalue weighted by atomic mass is 10.1. The zero-order chi connectivity index (χ0) is 21.7. The number of nitrogens with two attached hydrogens (primary N) is 1. The second-order valence-electron chi connectivity index (χ2n) is 9.09. The third kappa shape index (κ3) is 10.4. The molecule has 0 spiro atoms. The summed E-state index contributed by atoms with van der Waals surface area (Å²) in [5.41, 5.74) is 6.21. The van der Waals surface area contributed by atoms with Crippen LogP contribution in [0.4, 0.5) is 4.79 Å². The molecule has 0 unspecified atom stereocenters. The topological polar surface area (TPSA) is 64.8 Å². The number of primary amides is 1. The highest BCUT2D eigenvalue weighted by Crippen LogP contribution is 2.20. The van der Waals surface area contributed by atoms with Crippen molar-refractivity contribution in [3.63, 3.8) is 0 Å². The molecule has 2 rings (SSSR count). The molecule has 0 bridgehead atoms. The summed E-state index contributed by atoms with van der Waals surface area (Å²) in [4.78, 5) is 13.6. The Labute approximate surface area is 182 Å². The van der Waals surface area contributed by atoms with E-state index in [9.17, 15) is 4.79 Å². The van der Waals surface area contributed by atoms with Crippen LogP contribution in [0.5, 0.6) is 5.75 Å². The molecular formula is C24H42N3O3+. The molecular weight excluding hydrogens is 378 g/mol. The van der Waals surface area contributed by atoms with E-state index < -0.39 is 6.09 Å². The highest BCUT2D eigenvalue weighted by Gasteiger charge is 2.15. The molecule has 6 nitrogen and oxygen atoms in total. The van der Waals surface area contributed by atoms with Crippen molar-refractivity contribution in [3.05, 3.63) is 29.8 Å². The fraction of sp³-hybridized carbons (Fsp3) is 0.708. The van der Waals surface area contributed by atoms with E-state index in [4.69, 9.17) is 15.2 Å². The Morgan fingerprint density at radius 1 is 1.00 bits per heavy atom. The number of benzene rings is 1. The van der Waals surface area contributed by atoms with Crippen molar-refractivity contribution in [1.82, 2.24) is 4.90 Å². The van der Waals surface area contributed by atoms with Gasteiger partial charge < -0.3 is 19.7 Å². The largest absolute Gasteiger partial charge is 0.410 e. The zero-order valence-corrected chi connectivity index (χ0v) is 19.1. The van der Waals surface area contributed by atoms with Crippen molar-refractivity contribution >= 4 is 6.09 Å². The number of morpholine rings is 1. The van der Waals surface area contributed by atoms with Gasteiger partial charge in [-0.05, 0) is 43.9 Å². The molecule has 0 radical (unpaired) electrons. The number of rotatable bonds is 14. The average Bonchev–Trinajstić information content (AvgIpc) is 2.71. The van der Waals surface area contributed by atoms with Crippen LogP contribution in [0.1, 0.15) is 50.5 Å². The number of carbonyl (C=O) groups is 1. The lowest BCUT2D eigenvalue weighted by Gasteiger charge is -2.30. The Morgan fingerprint density at radius 2 is 1.63 bits per heavy atom. The van der Waals surface area contributed by atoms with Gasteiger partial charge in [-0.2, -0.15) is 0 Å². The molecule has 6 heteroatoms. The maximum atomic E-state index is 11.0. The number of para-hydroxylation sites is 1. The number of quaternary nitrogens is 1.